The fourth-order valence-corrected chi connectivity index (χ4v) is 0.740. The molecule has 1 atom stereocenters. The largest absolute Gasteiger partial charge is 0.463 e. The number of nitrogens with one attached hydrogen (secondary N) is 2. The molecule has 0 aromatic rings. The van der Waals surface area contributed by atoms with Crippen LogP contribution in [-0.4, -0.2) is 31.7 Å². The standard InChI is InChI=1S/C9H16N2O3/c1-4-14-8(12)6-5-7(2)11-9(13)10-3/h5-7H,4H2,1-3H3,(H2,10,11,13)/b6-5+. The SMILES string of the molecule is CCOC(=O)/C=C/C(C)NC(=O)NC. The van der Waals surface area contributed by atoms with Crippen LogP contribution >= 0.6 is 0 Å². The molecule has 0 aromatic carbocycles. The van der Waals surface area contributed by atoms with Crippen LogP contribution < -0.4 is 10.6 Å². The van der Waals surface area contributed by atoms with Crippen LogP contribution in [-0.2, 0) is 9.53 Å². The molecular weight excluding hydrogens is 184 g/mol. The lowest BCUT2D eigenvalue weighted by Crippen LogP contribution is -2.38. The quantitative estimate of drug-likeness (QED) is 0.510. The van der Waals surface area contributed by atoms with E-state index in [-0.39, 0.29) is 12.1 Å². The lowest BCUT2D eigenvalue weighted by molar-refractivity contribution is -0.137. The van der Waals surface area contributed by atoms with Crippen molar-refractivity contribution in [3.63, 3.8) is 0 Å². The van der Waals surface area contributed by atoms with Crippen molar-refractivity contribution in [3.8, 4) is 0 Å². The summed E-state index contributed by atoms with van der Waals surface area (Å²) in [6.45, 7) is 3.84. The molecule has 0 saturated heterocycles. The second-order valence-corrected chi connectivity index (χ2v) is 2.62. The molecule has 0 saturated carbocycles. The number of amides is 2. The highest BCUT2D eigenvalue weighted by molar-refractivity contribution is 5.82. The summed E-state index contributed by atoms with van der Waals surface area (Å²) < 4.78 is 4.67. The Hall–Kier alpha value is -1.52. The number of hydrogen-bond donors (Lipinski definition) is 2. The van der Waals surface area contributed by atoms with E-state index in [1.54, 1.807) is 19.9 Å². The minimum atomic E-state index is -0.405. The van der Waals surface area contributed by atoms with Crippen molar-refractivity contribution < 1.29 is 14.3 Å². The van der Waals surface area contributed by atoms with Gasteiger partial charge in [-0.2, -0.15) is 0 Å². The molecule has 0 fully saturated rings. The zero-order valence-electron chi connectivity index (χ0n) is 8.66. The van der Waals surface area contributed by atoms with E-state index in [9.17, 15) is 9.59 Å². The monoisotopic (exact) mass is 200 g/mol. The van der Waals surface area contributed by atoms with Gasteiger partial charge < -0.3 is 15.4 Å². The molecule has 0 bridgehead atoms. The molecule has 0 aliphatic rings. The molecule has 0 spiro atoms. The normalized spacial score (nSPS) is 12.2. The molecule has 0 aliphatic heterocycles. The van der Waals surface area contributed by atoms with Crippen molar-refractivity contribution in [2.75, 3.05) is 13.7 Å². The Morgan fingerprint density at radius 1 is 1.50 bits per heavy atom. The number of carbonyl (C=O) groups excluding carboxylic acids is 2. The van der Waals surface area contributed by atoms with Gasteiger partial charge in [0.15, 0.2) is 0 Å². The summed E-state index contributed by atoms with van der Waals surface area (Å²) in [5.41, 5.74) is 0. The third-order valence-electron chi connectivity index (χ3n) is 1.39. The summed E-state index contributed by atoms with van der Waals surface area (Å²) in [5.74, 6) is -0.405. The first-order valence-electron chi connectivity index (χ1n) is 4.43. The smallest absolute Gasteiger partial charge is 0.330 e. The van der Waals surface area contributed by atoms with Crippen molar-refractivity contribution >= 4 is 12.0 Å². The van der Waals surface area contributed by atoms with E-state index in [0.717, 1.165) is 0 Å². The van der Waals surface area contributed by atoms with Gasteiger partial charge in [-0.1, -0.05) is 6.08 Å². The summed E-state index contributed by atoms with van der Waals surface area (Å²) in [6.07, 6.45) is 2.86. The Balaban J connectivity index is 3.86. The maximum absolute atomic E-state index is 10.9. The van der Waals surface area contributed by atoms with Crippen molar-refractivity contribution in [2.24, 2.45) is 0 Å². The highest BCUT2D eigenvalue weighted by Gasteiger charge is 2.01. The van der Waals surface area contributed by atoms with Crippen LogP contribution in [0.3, 0.4) is 0 Å². The Bertz CT molecular complexity index is 226. The minimum absolute atomic E-state index is 0.209. The third-order valence-corrected chi connectivity index (χ3v) is 1.39. The van der Waals surface area contributed by atoms with Crippen LogP contribution in [0.5, 0.6) is 0 Å². The van der Waals surface area contributed by atoms with Crippen LogP contribution in [0.1, 0.15) is 13.8 Å². The average molecular weight is 200 g/mol. The number of urea groups is 1. The molecule has 0 rings (SSSR count). The lowest BCUT2D eigenvalue weighted by Gasteiger charge is -2.08. The van der Waals surface area contributed by atoms with Gasteiger partial charge in [-0.25, -0.2) is 9.59 Å². The Morgan fingerprint density at radius 2 is 2.14 bits per heavy atom. The molecule has 0 aliphatic carbocycles. The molecule has 14 heavy (non-hydrogen) atoms. The van der Waals surface area contributed by atoms with Gasteiger partial charge in [0.1, 0.15) is 0 Å². The first kappa shape index (κ1) is 12.5. The summed E-state index contributed by atoms with van der Waals surface area (Å²) in [4.78, 5) is 21.7. The zero-order valence-corrected chi connectivity index (χ0v) is 8.66. The van der Waals surface area contributed by atoms with E-state index in [0.29, 0.717) is 6.61 Å². The Kier molecular flexibility index (Phi) is 6.19. The van der Waals surface area contributed by atoms with Gasteiger partial charge in [-0.05, 0) is 13.8 Å². The number of hydrogen-bond acceptors (Lipinski definition) is 3. The fraction of sp³-hybridized carbons (Fsp3) is 0.556. The van der Waals surface area contributed by atoms with Gasteiger partial charge in [-0.3, -0.25) is 0 Å². The maximum atomic E-state index is 10.9. The van der Waals surface area contributed by atoms with Crippen molar-refractivity contribution in [3.05, 3.63) is 12.2 Å². The number of rotatable bonds is 4. The van der Waals surface area contributed by atoms with Crippen LogP contribution in [0.15, 0.2) is 12.2 Å². The number of ether oxygens (including phenoxy) is 1. The molecule has 5 heteroatoms. The number of esters is 1. The summed E-state index contributed by atoms with van der Waals surface area (Å²) >= 11 is 0. The first-order chi connectivity index (χ1) is 6.60. The maximum Gasteiger partial charge on any atom is 0.330 e. The van der Waals surface area contributed by atoms with Crippen LogP contribution in [0.2, 0.25) is 0 Å². The van der Waals surface area contributed by atoms with E-state index in [2.05, 4.69) is 15.4 Å². The highest BCUT2D eigenvalue weighted by atomic mass is 16.5. The third kappa shape index (κ3) is 6.05. The van der Waals surface area contributed by atoms with Crippen LogP contribution in [0.4, 0.5) is 4.79 Å². The number of carbonyl (C=O) groups is 2. The molecule has 2 amide bonds. The molecular formula is C9H16N2O3. The predicted molar refractivity (Wildman–Crippen MR) is 52.8 cm³/mol. The van der Waals surface area contributed by atoms with Crippen molar-refractivity contribution in [1.29, 1.82) is 0 Å². The average Bonchev–Trinajstić information content (AvgIpc) is 2.15. The molecule has 2 N–H and O–H groups in total. The van der Waals surface area contributed by atoms with E-state index in [4.69, 9.17) is 0 Å². The van der Waals surface area contributed by atoms with Gasteiger partial charge >= 0.3 is 12.0 Å². The van der Waals surface area contributed by atoms with E-state index in [1.165, 1.54) is 13.1 Å². The van der Waals surface area contributed by atoms with Gasteiger partial charge in [-0.15, -0.1) is 0 Å². The summed E-state index contributed by atoms with van der Waals surface area (Å²) in [7, 11) is 1.52. The molecule has 1 unspecified atom stereocenters. The molecule has 0 aromatic heterocycles. The van der Waals surface area contributed by atoms with Crippen molar-refractivity contribution in [2.45, 2.75) is 19.9 Å². The van der Waals surface area contributed by atoms with Gasteiger partial charge in [0.05, 0.1) is 6.61 Å². The van der Waals surface area contributed by atoms with E-state index >= 15 is 0 Å². The topological polar surface area (TPSA) is 67.4 Å². The van der Waals surface area contributed by atoms with Crippen molar-refractivity contribution in [1.82, 2.24) is 10.6 Å². The van der Waals surface area contributed by atoms with E-state index in [1.807, 2.05) is 0 Å². The fourth-order valence-electron chi connectivity index (χ4n) is 0.740. The Labute approximate surface area is 83.5 Å². The molecule has 5 nitrogen and oxygen atoms in total. The highest BCUT2D eigenvalue weighted by Crippen LogP contribution is 1.87. The van der Waals surface area contributed by atoms with Crippen LogP contribution in [0, 0.1) is 0 Å². The minimum Gasteiger partial charge on any atom is -0.463 e. The zero-order chi connectivity index (χ0) is 11.0. The molecule has 80 valence electrons. The first-order valence-corrected chi connectivity index (χ1v) is 4.43. The van der Waals surface area contributed by atoms with Gasteiger partial charge in [0.2, 0.25) is 0 Å². The second kappa shape index (κ2) is 6.94. The predicted octanol–water partition coefficient (Wildman–Crippen LogP) is 0.423. The summed E-state index contributed by atoms with van der Waals surface area (Å²) in [5, 5.41) is 4.99. The summed E-state index contributed by atoms with van der Waals surface area (Å²) in [6, 6.07) is -0.495. The Morgan fingerprint density at radius 3 is 2.64 bits per heavy atom. The van der Waals surface area contributed by atoms with E-state index < -0.39 is 5.97 Å². The second-order valence-electron chi connectivity index (χ2n) is 2.62. The van der Waals surface area contributed by atoms with Gasteiger partial charge in [0.25, 0.3) is 0 Å². The molecule has 0 heterocycles. The molecule has 0 radical (unpaired) electrons. The van der Waals surface area contributed by atoms with Gasteiger partial charge in [0, 0.05) is 19.2 Å². The van der Waals surface area contributed by atoms with Crippen LogP contribution in [0.25, 0.3) is 0 Å². The lowest BCUT2D eigenvalue weighted by atomic mass is 10.3.